The highest BCUT2D eigenvalue weighted by molar-refractivity contribution is 5.85. The van der Waals surface area contributed by atoms with Gasteiger partial charge in [0.1, 0.15) is 5.75 Å². The number of nitrogens with zero attached hydrogens (tertiary/aromatic N) is 1. The summed E-state index contributed by atoms with van der Waals surface area (Å²) in [5.74, 6) is 1.27. The zero-order chi connectivity index (χ0) is 14.5. The molecule has 0 aliphatic carbocycles. The van der Waals surface area contributed by atoms with E-state index in [0.717, 1.165) is 30.9 Å². The van der Waals surface area contributed by atoms with Crippen LogP contribution in [0.3, 0.4) is 0 Å². The third-order valence-corrected chi connectivity index (χ3v) is 3.69. The molecule has 2 rings (SSSR count). The first kappa shape index (κ1) is 20.8. The number of ether oxygens (including phenoxy) is 1. The van der Waals surface area contributed by atoms with Gasteiger partial charge in [0, 0.05) is 19.6 Å². The molecule has 126 valence electrons. The molecular weight excluding hydrogens is 325 g/mol. The first-order chi connectivity index (χ1) is 9.61. The predicted octanol–water partition coefficient (Wildman–Crippen LogP) is 1.83. The summed E-state index contributed by atoms with van der Waals surface area (Å²) in [5.41, 5.74) is 6.66. The predicted molar refractivity (Wildman–Crippen MR) is 94.5 cm³/mol. The summed E-state index contributed by atoms with van der Waals surface area (Å²) in [6.45, 7) is 4.30. The molecule has 3 N–H and O–H groups in total. The van der Waals surface area contributed by atoms with Crippen LogP contribution in [-0.2, 0) is 4.79 Å². The number of nitrogens with one attached hydrogen (secondary N) is 1. The van der Waals surface area contributed by atoms with Crippen molar-refractivity contribution in [2.75, 3.05) is 31.6 Å². The molecule has 5 nitrogen and oxygen atoms in total. The third kappa shape index (κ3) is 5.23. The molecule has 1 aliphatic heterocycles. The molecule has 1 unspecified atom stereocenters. The monoisotopic (exact) mass is 349 g/mol. The second-order valence-corrected chi connectivity index (χ2v) is 5.31. The minimum Gasteiger partial charge on any atom is -0.495 e. The van der Waals surface area contributed by atoms with E-state index in [1.54, 1.807) is 14.0 Å². The highest BCUT2D eigenvalue weighted by Gasteiger charge is 2.25. The number of anilines is 1. The van der Waals surface area contributed by atoms with Crippen molar-refractivity contribution in [3.8, 4) is 5.75 Å². The van der Waals surface area contributed by atoms with E-state index >= 15 is 0 Å². The fraction of sp³-hybridized carbons (Fsp3) is 0.533. The normalized spacial score (nSPS) is 18.0. The molecule has 0 spiro atoms. The maximum atomic E-state index is 11.5. The standard InChI is InChI=1S/C15H23N3O2.2ClH/c1-11(16)15(19)17-9-12-7-8-18(10-12)13-5-3-4-6-14(13)20-2;;/h3-6,11-12H,7-10,16H2,1-2H3,(H,17,19);2*1H/t11-,12?;;/m1../s1. The summed E-state index contributed by atoms with van der Waals surface area (Å²) < 4.78 is 5.39. The summed E-state index contributed by atoms with van der Waals surface area (Å²) in [7, 11) is 1.69. The Morgan fingerprint density at radius 1 is 1.45 bits per heavy atom. The van der Waals surface area contributed by atoms with Crippen molar-refractivity contribution in [2.45, 2.75) is 19.4 Å². The molecule has 0 bridgehead atoms. The topological polar surface area (TPSA) is 67.6 Å². The van der Waals surface area contributed by atoms with Gasteiger partial charge in [0.2, 0.25) is 5.91 Å². The van der Waals surface area contributed by atoms with Gasteiger partial charge in [0.25, 0.3) is 0 Å². The average Bonchev–Trinajstić information content (AvgIpc) is 2.93. The van der Waals surface area contributed by atoms with Gasteiger partial charge in [-0.05, 0) is 31.4 Å². The first-order valence-corrected chi connectivity index (χ1v) is 7.03. The van der Waals surface area contributed by atoms with Gasteiger partial charge >= 0.3 is 0 Å². The number of carbonyl (C=O) groups excluding carboxylic acids is 1. The van der Waals surface area contributed by atoms with E-state index in [2.05, 4.69) is 16.3 Å². The lowest BCUT2D eigenvalue weighted by Crippen LogP contribution is -2.40. The highest BCUT2D eigenvalue weighted by Crippen LogP contribution is 2.31. The Hall–Kier alpha value is -1.17. The average molecular weight is 350 g/mol. The number of carbonyl (C=O) groups is 1. The molecule has 1 saturated heterocycles. The molecule has 1 aliphatic rings. The lowest BCUT2D eigenvalue weighted by atomic mass is 10.1. The molecule has 1 heterocycles. The Bertz CT molecular complexity index is 472. The van der Waals surface area contributed by atoms with Gasteiger partial charge in [-0.15, -0.1) is 24.8 Å². The number of rotatable bonds is 5. The van der Waals surface area contributed by atoms with Crippen LogP contribution in [-0.4, -0.2) is 38.7 Å². The Kier molecular flexibility index (Phi) is 9.25. The lowest BCUT2D eigenvalue weighted by molar-refractivity contribution is -0.122. The molecule has 7 heteroatoms. The van der Waals surface area contributed by atoms with E-state index < -0.39 is 6.04 Å². The van der Waals surface area contributed by atoms with Gasteiger partial charge in [-0.2, -0.15) is 0 Å². The van der Waals surface area contributed by atoms with Crippen LogP contribution in [0.15, 0.2) is 24.3 Å². The number of methoxy groups -OCH3 is 1. The molecule has 22 heavy (non-hydrogen) atoms. The zero-order valence-corrected chi connectivity index (χ0v) is 14.6. The van der Waals surface area contributed by atoms with Crippen LogP contribution < -0.4 is 20.7 Å². The lowest BCUT2D eigenvalue weighted by Gasteiger charge is -2.21. The Morgan fingerprint density at radius 3 is 2.77 bits per heavy atom. The van der Waals surface area contributed by atoms with E-state index in [1.165, 1.54) is 0 Å². The van der Waals surface area contributed by atoms with Crippen molar-refractivity contribution in [3.05, 3.63) is 24.3 Å². The van der Waals surface area contributed by atoms with Crippen molar-refractivity contribution >= 4 is 36.4 Å². The Morgan fingerprint density at radius 2 is 2.14 bits per heavy atom. The molecule has 0 aromatic heterocycles. The second kappa shape index (κ2) is 9.77. The van der Waals surface area contributed by atoms with Gasteiger partial charge in [-0.3, -0.25) is 4.79 Å². The maximum Gasteiger partial charge on any atom is 0.236 e. The van der Waals surface area contributed by atoms with E-state index in [4.69, 9.17) is 10.5 Å². The third-order valence-electron chi connectivity index (χ3n) is 3.69. The van der Waals surface area contributed by atoms with E-state index in [9.17, 15) is 4.79 Å². The molecule has 0 radical (unpaired) electrons. The van der Waals surface area contributed by atoms with Crippen LogP contribution in [0.5, 0.6) is 5.75 Å². The van der Waals surface area contributed by atoms with Gasteiger partial charge in [0.15, 0.2) is 0 Å². The van der Waals surface area contributed by atoms with Gasteiger partial charge in [-0.1, -0.05) is 12.1 Å². The summed E-state index contributed by atoms with van der Waals surface area (Å²) in [4.78, 5) is 13.8. The van der Waals surface area contributed by atoms with E-state index in [0.29, 0.717) is 12.5 Å². The van der Waals surface area contributed by atoms with Crippen LogP contribution in [0.25, 0.3) is 0 Å². The Labute approximate surface area is 144 Å². The number of halogens is 2. The molecule has 1 fully saturated rings. The van der Waals surface area contributed by atoms with E-state index in [-0.39, 0.29) is 30.7 Å². The fourth-order valence-electron chi connectivity index (χ4n) is 2.52. The smallest absolute Gasteiger partial charge is 0.236 e. The number of hydrogen-bond donors (Lipinski definition) is 2. The van der Waals surface area contributed by atoms with Crippen LogP contribution in [0.2, 0.25) is 0 Å². The second-order valence-electron chi connectivity index (χ2n) is 5.31. The molecule has 1 aromatic rings. The molecular formula is C15H25Cl2N3O2. The first-order valence-electron chi connectivity index (χ1n) is 7.03. The van der Waals surface area contributed by atoms with Crippen LogP contribution >= 0.6 is 24.8 Å². The SMILES string of the molecule is COc1ccccc1N1CCC(CNC(=O)[C@@H](C)N)C1.Cl.Cl. The number of hydrogen-bond acceptors (Lipinski definition) is 4. The number of amides is 1. The number of para-hydroxylation sites is 2. The minimum atomic E-state index is -0.443. The van der Waals surface area contributed by atoms with Crippen molar-refractivity contribution in [1.29, 1.82) is 0 Å². The van der Waals surface area contributed by atoms with Crippen LogP contribution in [0.4, 0.5) is 5.69 Å². The quantitative estimate of drug-likeness (QED) is 0.850. The molecule has 2 atom stereocenters. The summed E-state index contributed by atoms with van der Waals surface area (Å²) in [6, 6.07) is 7.59. The Balaban J connectivity index is 0.00000220. The molecule has 0 saturated carbocycles. The van der Waals surface area contributed by atoms with Crippen LogP contribution in [0.1, 0.15) is 13.3 Å². The zero-order valence-electron chi connectivity index (χ0n) is 13.0. The van der Waals surface area contributed by atoms with Crippen LogP contribution in [0, 0.1) is 5.92 Å². The van der Waals surface area contributed by atoms with Crippen molar-refractivity contribution < 1.29 is 9.53 Å². The largest absolute Gasteiger partial charge is 0.495 e. The maximum absolute atomic E-state index is 11.5. The summed E-state index contributed by atoms with van der Waals surface area (Å²) >= 11 is 0. The van der Waals surface area contributed by atoms with E-state index in [1.807, 2.05) is 18.2 Å². The van der Waals surface area contributed by atoms with Gasteiger partial charge in [0.05, 0.1) is 18.8 Å². The fourth-order valence-corrected chi connectivity index (χ4v) is 2.52. The minimum absolute atomic E-state index is 0. The summed E-state index contributed by atoms with van der Waals surface area (Å²) in [5, 5.41) is 2.90. The number of benzene rings is 1. The van der Waals surface area contributed by atoms with Crippen molar-refractivity contribution in [1.82, 2.24) is 5.32 Å². The van der Waals surface area contributed by atoms with Gasteiger partial charge < -0.3 is 20.7 Å². The molecule has 1 aromatic carbocycles. The summed E-state index contributed by atoms with van der Waals surface area (Å²) in [6.07, 6.45) is 1.07. The van der Waals surface area contributed by atoms with Crippen molar-refractivity contribution in [2.24, 2.45) is 11.7 Å². The van der Waals surface area contributed by atoms with Crippen molar-refractivity contribution in [3.63, 3.8) is 0 Å². The number of nitrogens with two attached hydrogens (primary N) is 1. The molecule has 1 amide bonds. The highest BCUT2D eigenvalue weighted by atomic mass is 35.5. The van der Waals surface area contributed by atoms with Gasteiger partial charge in [-0.25, -0.2) is 0 Å².